The third kappa shape index (κ3) is 3.56. The molecule has 0 fully saturated rings. The summed E-state index contributed by atoms with van der Waals surface area (Å²) in [7, 11) is 0. The molecule has 4 rings (SSSR count). The van der Waals surface area contributed by atoms with Gasteiger partial charge in [-0.3, -0.25) is 14.8 Å². The molecule has 1 amide bonds. The Balaban J connectivity index is 1.71. The van der Waals surface area contributed by atoms with Gasteiger partial charge in [0.2, 0.25) is 0 Å². The Morgan fingerprint density at radius 3 is 2.68 bits per heavy atom. The van der Waals surface area contributed by atoms with Gasteiger partial charge in [0.05, 0.1) is 17.3 Å². The van der Waals surface area contributed by atoms with Crippen LogP contribution in [0.4, 0.5) is 5.69 Å². The number of benzene rings is 2. The maximum Gasteiger partial charge on any atom is 0.290 e. The van der Waals surface area contributed by atoms with Crippen molar-refractivity contribution in [3.05, 3.63) is 81.9 Å². The van der Waals surface area contributed by atoms with E-state index in [9.17, 15) is 25.1 Å². The summed E-state index contributed by atoms with van der Waals surface area (Å²) in [6.07, 6.45) is 0.504. The smallest absolute Gasteiger partial charge is 0.290 e. The highest BCUT2D eigenvalue weighted by Gasteiger charge is 2.42. The van der Waals surface area contributed by atoms with Crippen molar-refractivity contribution in [3.63, 3.8) is 0 Å². The Kier molecular flexibility index (Phi) is 5.26. The van der Waals surface area contributed by atoms with Crippen LogP contribution in [0, 0.1) is 12.1 Å². The highest BCUT2D eigenvalue weighted by Crippen LogP contribution is 2.39. The number of rotatable bonds is 6. The van der Waals surface area contributed by atoms with Gasteiger partial charge in [0.1, 0.15) is 0 Å². The topological polar surface area (TPSA) is 120 Å². The summed E-state index contributed by atoms with van der Waals surface area (Å²) in [5.74, 6) is -1.65. The Bertz CT molecular complexity index is 1210. The normalized spacial score (nSPS) is 16.5. The number of amides is 1. The van der Waals surface area contributed by atoms with Gasteiger partial charge in [0.25, 0.3) is 5.91 Å². The first-order valence-corrected chi connectivity index (χ1v) is 9.87. The molecule has 8 heteroatoms. The molecule has 0 saturated carbocycles. The molecule has 1 aliphatic rings. The molecule has 0 radical (unpaired) electrons. The molecule has 1 aliphatic heterocycles. The van der Waals surface area contributed by atoms with E-state index in [1.165, 1.54) is 24.0 Å². The van der Waals surface area contributed by atoms with Crippen molar-refractivity contribution in [2.75, 3.05) is 11.8 Å². The minimum Gasteiger partial charge on any atom is -0.733 e. The maximum absolute atomic E-state index is 12.9. The molecule has 2 heterocycles. The fourth-order valence-electron chi connectivity index (χ4n) is 4.29. The van der Waals surface area contributed by atoms with Crippen LogP contribution in [0.3, 0.4) is 0 Å². The number of fused-ring (bicyclic) bond motifs is 1. The molecule has 0 aliphatic carbocycles. The van der Waals surface area contributed by atoms with Crippen LogP contribution in [0.5, 0.6) is 0 Å². The van der Waals surface area contributed by atoms with E-state index >= 15 is 0 Å². The lowest BCUT2D eigenvalue weighted by Gasteiger charge is -2.28. The SMILES string of the molecule is CC(=O)C1=C(O)C(=O)N(CCc2c(C)[nH]c3ccccc23)[C@@H]1c1cccc(N([O-])O)c1. The molecule has 1 aromatic heterocycles. The summed E-state index contributed by atoms with van der Waals surface area (Å²) < 4.78 is 0. The first-order chi connectivity index (χ1) is 14.8. The van der Waals surface area contributed by atoms with E-state index in [-0.39, 0.29) is 23.0 Å². The zero-order valence-corrected chi connectivity index (χ0v) is 17.1. The average molecular weight is 420 g/mol. The van der Waals surface area contributed by atoms with Crippen molar-refractivity contribution in [1.29, 1.82) is 0 Å². The van der Waals surface area contributed by atoms with Crippen LogP contribution in [0.1, 0.15) is 29.8 Å². The number of ketones is 1. The maximum atomic E-state index is 12.9. The summed E-state index contributed by atoms with van der Waals surface area (Å²) in [6.45, 7) is 3.50. The Morgan fingerprint density at radius 1 is 1.23 bits per heavy atom. The molecule has 31 heavy (non-hydrogen) atoms. The number of aliphatic hydroxyl groups excluding tert-OH is 1. The van der Waals surface area contributed by atoms with Crippen molar-refractivity contribution in [1.82, 2.24) is 9.88 Å². The van der Waals surface area contributed by atoms with Crippen LogP contribution in [0.2, 0.25) is 0 Å². The Labute approximate surface area is 178 Å². The van der Waals surface area contributed by atoms with Gasteiger partial charge in [-0.2, -0.15) is 0 Å². The van der Waals surface area contributed by atoms with Crippen LogP contribution < -0.4 is 5.23 Å². The average Bonchev–Trinajstić information content (AvgIpc) is 3.19. The number of aryl methyl sites for hydroxylation is 1. The highest BCUT2D eigenvalue weighted by molar-refractivity contribution is 6.08. The zero-order chi connectivity index (χ0) is 22.3. The number of nitrogens with zero attached hydrogens (tertiary/aromatic N) is 2. The number of aromatic nitrogens is 1. The van der Waals surface area contributed by atoms with Gasteiger partial charge in [0.15, 0.2) is 11.5 Å². The van der Waals surface area contributed by atoms with Crippen molar-refractivity contribution in [2.24, 2.45) is 0 Å². The first-order valence-electron chi connectivity index (χ1n) is 9.87. The third-order valence-electron chi connectivity index (χ3n) is 5.72. The van der Waals surface area contributed by atoms with Crippen molar-refractivity contribution < 1.29 is 19.9 Å². The van der Waals surface area contributed by atoms with Crippen molar-refractivity contribution in [3.8, 4) is 0 Å². The third-order valence-corrected chi connectivity index (χ3v) is 5.72. The summed E-state index contributed by atoms with van der Waals surface area (Å²) in [5, 5.41) is 31.8. The number of hydrogen-bond donors (Lipinski definition) is 3. The lowest BCUT2D eigenvalue weighted by atomic mass is 9.96. The van der Waals surface area contributed by atoms with E-state index in [2.05, 4.69) is 4.98 Å². The van der Waals surface area contributed by atoms with Gasteiger partial charge in [-0.15, -0.1) is 0 Å². The highest BCUT2D eigenvalue weighted by atomic mass is 16.8. The second-order valence-corrected chi connectivity index (χ2v) is 7.61. The van der Waals surface area contributed by atoms with Crippen LogP contribution in [0.15, 0.2) is 59.9 Å². The van der Waals surface area contributed by atoms with Gasteiger partial charge in [-0.05, 0) is 49.6 Å². The molecular formula is C23H22N3O5-. The monoisotopic (exact) mass is 420 g/mol. The number of para-hydroxylation sites is 1. The van der Waals surface area contributed by atoms with Gasteiger partial charge in [-0.25, -0.2) is 0 Å². The second-order valence-electron chi connectivity index (χ2n) is 7.61. The van der Waals surface area contributed by atoms with Crippen LogP contribution in [-0.4, -0.2) is 38.4 Å². The predicted octanol–water partition coefficient (Wildman–Crippen LogP) is 3.70. The molecule has 3 aromatic rings. The van der Waals surface area contributed by atoms with Gasteiger partial charge >= 0.3 is 0 Å². The molecule has 8 nitrogen and oxygen atoms in total. The standard InChI is InChI=1S/C23H22N3O5/c1-13-17(18-8-3-4-9-19(18)24-13)10-11-25-21(20(14(2)27)22(28)23(25)29)15-6-5-7-16(12-15)26(30)31/h3-9,12,21,24,28,30H,10-11H2,1-2H3/q-1/t21-/m1/s1. The molecule has 0 unspecified atom stereocenters. The van der Waals surface area contributed by atoms with Gasteiger partial charge in [-0.1, -0.05) is 30.3 Å². The number of carbonyl (C=O) groups excluding carboxylic acids is 2. The Hall–Kier alpha value is -3.62. The first kappa shape index (κ1) is 20.6. The molecule has 0 spiro atoms. The number of anilines is 1. The minimum absolute atomic E-state index is 0.0202. The van der Waals surface area contributed by atoms with Gasteiger partial charge < -0.3 is 25.4 Å². The molecule has 160 valence electrons. The number of hydrogen-bond acceptors (Lipinski definition) is 6. The molecule has 1 atom stereocenters. The summed E-state index contributed by atoms with van der Waals surface area (Å²) in [5.41, 5.74) is 3.42. The van der Waals surface area contributed by atoms with E-state index in [1.54, 1.807) is 12.1 Å². The fraction of sp³-hybridized carbons (Fsp3) is 0.217. The minimum atomic E-state index is -0.851. The molecule has 0 bridgehead atoms. The van der Waals surface area contributed by atoms with Crippen molar-refractivity contribution in [2.45, 2.75) is 26.3 Å². The number of H-pyrrole nitrogens is 1. The number of nitrogens with one attached hydrogen (secondary N) is 1. The second kappa shape index (κ2) is 7.90. The van der Waals surface area contributed by atoms with E-state index in [4.69, 9.17) is 0 Å². The Morgan fingerprint density at radius 2 is 1.97 bits per heavy atom. The number of aliphatic hydroxyl groups is 1. The molecule has 2 aromatic carbocycles. The van der Waals surface area contributed by atoms with Crippen LogP contribution in [0.25, 0.3) is 10.9 Å². The van der Waals surface area contributed by atoms with Crippen LogP contribution in [-0.2, 0) is 16.0 Å². The van der Waals surface area contributed by atoms with E-state index < -0.39 is 23.5 Å². The van der Waals surface area contributed by atoms with E-state index in [1.807, 2.05) is 31.2 Å². The lowest BCUT2D eigenvalue weighted by molar-refractivity contribution is -0.129. The number of carbonyl (C=O) groups is 2. The van der Waals surface area contributed by atoms with E-state index in [0.29, 0.717) is 12.0 Å². The number of Topliss-reactive ketones (excluding diaryl/α,β-unsaturated/α-hetero) is 1. The summed E-state index contributed by atoms with van der Waals surface area (Å²) in [4.78, 5) is 29.9. The van der Waals surface area contributed by atoms with Crippen molar-refractivity contribution >= 4 is 28.3 Å². The fourth-order valence-corrected chi connectivity index (χ4v) is 4.29. The zero-order valence-electron chi connectivity index (χ0n) is 17.1. The van der Waals surface area contributed by atoms with E-state index in [0.717, 1.165) is 22.2 Å². The quantitative estimate of drug-likeness (QED) is 0.523. The molecule has 3 N–H and O–H groups in total. The largest absolute Gasteiger partial charge is 0.733 e. The van der Waals surface area contributed by atoms with Gasteiger partial charge in [0, 0.05) is 23.1 Å². The van der Waals surface area contributed by atoms with Crippen LogP contribution >= 0.6 is 0 Å². The summed E-state index contributed by atoms with van der Waals surface area (Å²) >= 11 is 0. The predicted molar refractivity (Wildman–Crippen MR) is 116 cm³/mol. The molecule has 0 saturated heterocycles. The lowest BCUT2D eigenvalue weighted by Crippen LogP contribution is -2.33. The molecular weight excluding hydrogens is 398 g/mol. The number of aromatic amines is 1. The summed E-state index contributed by atoms with van der Waals surface area (Å²) in [6, 6.07) is 13.0.